The van der Waals surface area contributed by atoms with Crippen molar-refractivity contribution in [1.29, 1.82) is 0 Å². The van der Waals surface area contributed by atoms with Gasteiger partial charge in [0, 0.05) is 62.2 Å². The molecule has 2 aromatic heterocycles. The molecule has 7 aromatic rings. The Morgan fingerprint density at radius 3 is 2.14 bits per heavy atom. The lowest BCUT2D eigenvalue weighted by Crippen LogP contribution is -2.25. The minimum absolute atomic E-state index is 0.0543. The van der Waals surface area contributed by atoms with Crippen LogP contribution in [0.15, 0.2) is 109 Å². The summed E-state index contributed by atoms with van der Waals surface area (Å²) in [6.45, 7) is 9.19. The number of unbranched alkanes of at least 4 members (excludes halogenated alkanes) is 7. The number of aryl methyl sites for hydroxylation is 3. The highest BCUT2D eigenvalue weighted by atomic mass is 16.5. The molecule has 1 atom stereocenters. The smallest absolute Gasteiger partial charge is 0.303 e. The highest BCUT2D eigenvalue weighted by Crippen LogP contribution is 2.32. The maximum Gasteiger partial charge on any atom is 0.303 e. The van der Waals surface area contributed by atoms with E-state index in [0.29, 0.717) is 37.1 Å². The van der Waals surface area contributed by atoms with E-state index in [2.05, 4.69) is 96.9 Å². The average molecular weight is 872 g/mol. The van der Waals surface area contributed by atoms with Gasteiger partial charge in [-0.25, -0.2) is 9.97 Å². The van der Waals surface area contributed by atoms with Gasteiger partial charge >= 0.3 is 5.97 Å². The van der Waals surface area contributed by atoms with Crippen molar-refractivity contribution in [2.75, 3.05) is 6.54 Å². The van der Waals surface area contributed by atoms with E-state index in [1.165, 1.54) is 12.5 Å². The molecule has 7 rings (SSSR count). The van der Waals surface area contributed by atoms with Crippen LogP contribution >= 0.6 is 0 Å². The quantitative estimate of drug-likeness (QED) is 0.0390. The third-order valence-electron chi connectivity index (χ3n) is 12.5. The fourth-order valence-electron chi connectivity index (χ4n) is 9.10. The molecule has 0 saturated carbocycles. The van der Waals surface area contributed by atoms with Crippen molar-refractivity contribution in [2.24, 2.45) is 7.05 Å². The second-order valence-electron chi connectivity index (χ2n) is 17.5. The van der Waals surface area contributed by atoms with Crippen LogP contribution < -0.4 is 5.32 Å². The van der Waals surface area contributed by atoms with E-state index in [9.17, 15) is 14.4 Å². The molecule has 0 radical (unpaired) electrons. The van der Waals surface area contributed by atoms with Crippen molar-refractivity contribution in [2.45, 2.75) is 124 Å². The number of benzene rings is 5. The van der Waals surface area contributed by atoms with E-state index >= 15 is 0 Å². The molecule has 338 valence electrons. The molecular formula is C56H65N5O4. The van der Waals surface area contributed by atoms with Gasteiger partial charge in [0.25, 0.3) is 5.91 Å². The van der Waals surface area contributed by atoms with Crippen LogP contribution in [0, 0.1) is 6.92 Å². The number of hydrogen-bond acceptors (Lipinski definition) is 6. The molecule has 65 heavy (non-hydrogen) atoms. The molecule has 0 aliphatic heterocycles. The first kappa shape index (κ1) is 46.6. The summed E-state index contributed by atoms with van der Waals surface area (Å²) < 4.78 is 10.2. The van der Waals surface area contributed by atoms with Gasteiger partial charge in [0.2, 0.25) is 0 Å². The summed E-state index contributed by atoms with van der Waals surface area (Å²) in [5, 5.41) is 3.17. The number of nitrogens with zero attached hydrogens (tertiary/aromatic N) is 4. The third-order valence-corrected chi connectivity index (χ3v) is 12.5. The fraction of sp³-hybridized carbons (Fsp3) is 0.375. The first-order chi connectivity index (χ1) is 31.7. The highest BCUT2D eigenvalue weighted by Gasteiger charge is 2.22. The van der Waals surface area contributed by atoms with Crippen molar-refractivity contribution >= 4 is 39.7 Å². The average Bonchev–Trinajstić information content (AvgIpc) is 3.84. The molecule has 0 aliphatic rings. The molecule has 5 aromatic carbocycles. The monoisotopic (exact) mass is 872 g/mol. The number of rotatable bonds is 23. The van der Waals surface area contributed by atoms with Crippen LogP contribution in [0.25, 0.3) is 44.6 Å². The van der Waals surface area contributed by atoms with Gasteiger partial charge in [-0.2, -0.15) is 0 Å². The lowest BCUT2D eigenvalue weighted by atomic mass is 9.93. The predicted molar refractivity (Wildman–Crippen MR) is 263 cm³/mol. The van der Waals surface area contributed by atoms with Crippen LogP contribution in [0.5, 0.6) is 0 Å². The Bertz CT molecular complexity index is 2730. The Hall–Kier alpha value is -6.35. The van der Waals surface area contributed by atoms with Crippen molar-refractivity contribution in [3.05, 3.63) is 143 Å². The number of amides is 1. The van der Waals surface area contributed by atoms with Gasteiger partial charge in [0.05, 0.1) is 22.1 Å². The highest BCUT2D eigenvalue weighted by molar-refractivity contribution is 6.01. The Morgan fingerprint density at radius 2 is 1.40 bits per heavy atom. The van der Waals surface area contributed by atoms with Gasteiger partial charge < -0.3 is 19.2 Å². The number of Topliss-reactive ketones (excluding diaryl/α,β-unsaturated/α-hetero) is 1. The lowest BCUT2D eigenvalue weighted by molar-refractivity contribution is -0.147. The molecular weight excluding hydrogens is 807 g/mol. The van der Waals surface area contributed by atoms with Gasteiger partial charge in [0.15, 0.2) is 5.78 Å². The van der Waals surface area contributed by atoms with E-state index in [4.69, 9.17) is 14.7 Å². The molecule has 1 amide bonds. The molecule has 2 heterocycles. The summed E-state index contributed by atoms with van der Waals surface area (Å²) in [5.74, 6) is 1.76. The van der Waals surface area contributed by atoms with Gasteiger partial charge in [-0.05, 0) is 91.6 Å². The normalized spacial score (nSPS) is 11.9. The van der Waals surface area contributed by atoms with Crippen molar-refractivity contribution < 1.29 is 19.1 Å². The van der Waals surface area contributed by atoms with Crippen molar-refractivity contribution in [3.63, 3.8) is 0 Å². The Balaban J connectivity index is 0.892. The second kappa shape index (κ2) is 22.5. The van der Waals surface area contributed by atoms with E-state index in [0.717, 1.165) is 132 Å². The number of imidazole rings is 2. The minimum atomic E-state index is -0.383. The zero-order chi connectivity index (χ0) is 45.7. The Kier molecular flexibility index (Phi) is 16.2. The first-order valence-corrected chi connectivity index (χ1v) is 23.8. The van der Waals surface area contributed by atoms with Crippen LogP contribution in [0.1, 0.15) is 147 Å². The number of esters is 1. The zero-order valence-electron chi connectivity index (χ0n) is 39.0. The summed E-state index contributed by atoms with van der Waals surface area (Å²) in [4.78, 5) is 48.7. The number of aromatic nitrogens is 4. The molecule has 9 heteroatoms. The van der Waals surface area contributed by atoms with Crippen LogP contribution in [0.4, 0.5) is 0 Å². The molecule has 0 saturated heterocycles. The van der Waals surface area contributed by atoms with Gasteiger partial charge in [-0.1, -0.05) is 131 Å². The molecule has 9 nitrogen and oxygen atoms in total. The van der Waals surface area contributed by atoms with Gasteiger partial charge in [-0.15, -0.1) is 0 Å². The number of para-hydroxylation sites is 2. The predicted octanol–water partition coefficient (Wildman–Crippen LogP) is 13.1. The SMILES string of the molecule is CCCCC(OC(C)=O)c1ccccc1C(=O)CCCCCCCCCNC(=O)c1ccccc1-c1ccc(Cn2c(CCC)nc3c(C)cc(-c4nc5ccccc5n4C)cc32)cc1. The number of fused-ring (bicyclic) bond motifs is 2. The second-order valence-corrected chi connectivity index (χ2v) is 17.5. The van der Waals surface area contributed by atoms with Crippen molar-refractivity contribution in [1.82, 2.24) is 24.4 Å². The fourth-order valence-corrected chi connectivity index (χ4v) is 9.10. The molecule has 1 unspecified atom stereocenters. The third kappa shape index (κ3) is 11.5. The summed E-state index contributed by atoms with van der Waals surface area (Å²) in [7, 11) is 2.08. The number of ether oxygens (including phenoxy) is 1. The summed E-state index contributed by atoms with van der Waals surface area (Å²) in [6, 6.07) is 36.7. The maximum atomic E-state index is 13.5. The summed E-state index contributed by atoms with van der Waals surface area (Å²) in [5.41, 5.74) is 11.7. The molecule has 0 aliphatic carbocycles. The zero-order valence-corrected chi connectivity index (χ0v) is 39.0. The summed E-state index contributed by atoms with van der Waals surface area (Å²) in [6.07, 6.45) is 11.7. The summed E-state index contributed by atoms with van der Waals surface area (Å²) >= 11 is 0. The Labute approximate surface area is 384 Å². The van der Waals surface area contributed by atoms with Crippen LogP contribution in [-0.4, -0.2) is 43.3 Å². The first-order valence-electron chi connectivity index (χ1n) is 23.8. The topological polar surface area (TPSA) is 108 Å². The standard InChI is InChI=1S/C56H65N5O4/c1-6-8-30-52(65-40(4)62)46-25-17-16-24-45(46)51(63)29-14-12-10-9-11-13-21-35-57-56(64)47-26-18-15-23-44(47)42-33-31-41(32-34-42)38-61-50-37-43(36-39(3)54(50)59-53(61)22-7-2)55-58-48-27-19-20-28-49(48)60(55)5/h15-20,23-28,31-34,36-37,52H,6-14,21-22,29-30,35,38H2,1-5H3,(H,57,64). The van der Waals surface area contributed by atoms with Crippen LogP contribution in [0.2, 0.25) is 0 Å². The van der Waals surface area contributed by atoms with E-state index in [1.54, 1.807) is 0 Å². The number of carbonyl (C=O) groups excluding carboxylic acids is 3. The minimum Gasteiger partial charge on any atom is -0.458 e. The van der Waals surface area contributed by atoms with E-state index in [1.807, 2.05) is 54.6 Å². The molecule has 1 N–H and O–H groups in total. The largest absolute Gasteiger partial charge is 0.458 e. The van der Waals surface area contributed by atoms with E-state index in [-0.39, 0.29) is 23.8 Å². The maximum absolute atomic E-state index is 13.5. The lowest BCUT2D eigenvalue weighted by Gasteiger charge is -2.20. The number of hydrogen-bond donors (Lipinski definition) is 1. The van der Waals surface area contributed by atoms with Crippen molar-refractivity contribution in [3.8, 4) is 22.5 Å². The number of nitrogens with one attached hydrogen (secondary N) is 1. The molecule has 0 spiro atoms. The molecule has 0 fully saturated rings. The molecule has 0 bridgehead atoms. The van der Waals surface area contributed by atoms with Gasteiger partial charge in [0.1, 0.15) is 17.8 Å². The number of carbonyl (C=O) groups is 3. The van der Waals surface area contributed by atoms with Crippen LogP contribution in [0.3, 0.4) is 0 Å². The number of ketones is 1. The van der Waals surface area contributed by atoms with Crippen LogP contribution in [-0.2, 0) is 29.5 Å². The van der Waals surface area contributed by atoms with Gasteiger partial charge in [-0.3, -0.25) is 14.4 Å². The Morgan fingerprint density at radius 1 is 0.708 bits per heavy atom. The van der Waals surface area contributed by atoms with E-state index < -0.39 is 0 Å².